The molecule has 41 heavy (non-hydrogen) atoms. The lowest BCUT2D eigenvalue weighted by atomic mass is 9.94. The highest BCUT2D eigenvalue weighted by Gasteiger charge is 2.32. The van der Waals surface area contributed by atoms with Gasteiger partial charge in [-0.2, -0.15) is 0 Å². The lowest BCUT2D eigenvalue weighted by Crippen LogP contribution is -2.33. The van der Waals surface area contributed by atoms with E-state index in [0.717, 1.165) is 0 Å². The van der Waals surface area contributed by atoms with Gasteiger partial charge < -0.3 is 24.8 Å². The highest BCUT2D eigenvalue weighted by atomic mass is 19.1. The maximum Gasteiger partial charge on any atom is 0.308 e. The van der Waals surface area contributed by atoms with Gasteiger partial charge in [0.1, 0.15) is 17.7 Å². The minimum Gasteiger partial charge on any atom is -0.508 e. The number of hydrogen-bond acceptors (Lipinski definition) is 5. The molecular weight excluding hydrogens is 523 g/mol. The normalized spacial score (nSPS) is 18.7. The SMILES string of the molecule is [2H]c1c([2H])c([2H])c(-c2c(C(=O)Nc3ccc(O)cc3)c(C(C)C)n(CC[C@@H]3C[C@@H](O)CC(=O)O3)c2-c2ccc(F)cc2)c([2H])c1[2H]. The number of carbonyl (C=O) groups is 2. The topological polar surface area (TPSA) is 101 Å². The smallest absolute Gasteiger partial charge is 0.308 e. The minimum atomic E-state index is -0.870. The Morgan fingerprint density at radius 1 is 1.10 bits per heavy atom. The summed E-state index contributed by atoms with van der Waals surface area (Å²) in [6.45, 7) is 3.82. The third kappa shape index (κ3) is 6.18. The van der Waals surface area contributed by atoms with E-state index in [9.17, 15) is 24.2 Å². The average Bonchev–Trinajstić information content (AvgIpc) is 3.34. The number of cyclic esters (lactones) is 1. The number of anilines is 1. The van der Waals surface area contributed by atoms with Crippen LogP contribution in [-0.2, 0) is 16.1 Å². The van der Waals surface area contributed by atoms with Crippen LogP contribution >= 0.6 is 0 Å². The predicted molar refractivity (Wildman–Crippen MR) is 155 cm³/mol. The number of aliphatic hydroxyl groups excluding tert-OH is 1. The molecule has 3 aromatic carbocycles. The van der Waals surface area contributed by atoms with Crippen LogP contribution in [0.3, 0.4) is 0 Å². The lowest BCUT2D eigenvalue weighted by Gasteiger charge is -2.27. The number of halogens is 1. The molecule has 1 amide bonds. The van der Waals surface area contributed by atoms with Gasteiger partial charge in [-0.25, -0.2) is 4.39 Å². The zero-order valence-electron chi connectivity index (χ0n) is 27.6. The van der Waals surface area contributed by atoms with Crippen molar-refractivity contribution in [3.8, 4) is 28.1 Å². The highest BCUT2D eigenvalue weighted by molar-refractivity contribution is 6.12. The Hall–Kier alpha value is -4.43. The number of hydrogen-bond donors (Lipinski definition) is 3. The molecule has 7 nitrogen and oxygen atoms in total. The van der Waals surface area contributed by atoms with Gasteiger partial charge in [-0.3, -0.25) is 9.59 Å². The molecule has 0 aliphatic carbocycles. The van der Waals surface area contributed by atoms with Crippen LogP contribution in [0.5, 0.6) is 5.75 Å². The fraction of sp³-hybridized carbons (Fsp3) is 0.273. The Morgan fingerprint density at radius 2 is 1.78 bits per heavy atom. The van der Waals surface area contributed by atoms with Crippen molar-refractivity contribution in [1.82, 2.24) is 4.57 Å². The summed E-state index contributed by atoms with van der Waals surface area (Å²) in [4.78, 5) is 26.4. The largest absolute Gasteiger partial charge is 0.508 e. The van der Waals surface area contributed by atoms with Crippen molar-refractivity contribution in [2.24, 2.45) is 0 Å². The van der Waals surface area contributed by atoms with Gasteiger partial charge in [0.05, 0.1) is 30.6 Å². The summed E-state index contributed by atoms with van der Waals surface area (Å²) in [7, 11) is 0. The van der Waals surface area contributed by atoms with E-state index >= 15 is 0 Å². The third-order valence-electron chi connectivity index (χ3n) is 6.98. The summed E-state index contributed by atoms with van der Waals surface area (Å²) in [6.07, 6.45) is -1.19. The van der Waals surface area contributed by atoms with E-state index in [1.807, 2.05) is 13.8 Å². The molecule has 2 atom stereocenters. The highest BCUT2D eigenvalue weighted by Crippen LogP contribution is 2.43. The maximum absolute atomic E-state index is 14.3. The monoisotopic (exact) mass is 561 g/mol. The number of esters is 1. The van der Waals surface area contributed by atoms with Gasteiger partial charge >= 0.3 is 5.97 Å². The summed E-state index contributed by atoms with van der Waals surface area (Å²) in [5.74, 6) is -2.08. The summed E-state index contributed by atoms with van der Waals surface area (Å²) in [5.41, 5.74) is 1.41. The number of aromatic hydroxyl groups is 1. The van der Waals surface area contributed by atoms with E-state index in [1.54, 1.807) is 4.57 Å². The van der Waals surface area contributed by atoms with Crippen molar-refractivity contribution >= 4 is 17.6 Å². The summed E-state index contributed by atoms with van der Waals surface area (Å²) < 4.78 is 64.1. The number of phenolic OH excluding ortho intramolecular Hbond substituents is 1. The zero-order chi connectivity index (χ0) is 33.4. The van der Waals surface area contributed by atoms with Crippen molar-refractivity contribution in [2.45, 2.75) is 57.8 Å². The van der Waals surface area contributed by atoms with Crippen molar-refractivity contribution in [3.63, 3.8) is 0 Å². The van der Waals surface area contributed by atoms with Crippen LogP contribution in [0.1, 0.15) is 61.9 Å². The van der Waals surface area contributed by atoms with Gasteiger partial charge in [-0.1, -0.05) is 44.1 Å². The third-order valence-corrected chi connectivity index (χ3v) is 6.98. The maximum atomic E-state index is 14.3. The van der Waals surface area contributed by atoms with E-state index in [2.05, 4.69) is 5.32 Å². The second kappa shape index (κ2) is 12.0. The fourth-order valence-corrected chi connectivity index (χ4v) is 5.28. The van der Waals surface area contributed by atoms with Crippen molar-refractivity contribution in [1.29, 1.82) is 0 Å². The molecule has 0 radical (unpaired) electrons. The Bertz CT molecular complexity index is 1780. The Morgan fingerprint density at radius 3 is 2.41 bits per heavy atom. The first kappa shape index (κ1) is 22.3. The molecule has 4 aromatic rings. The molecule has 8 heteroatoms. The van der Waals surface area contributed by atoms with Gasteiger partial charge in [0.25, 0.3) is 5.91 Å². The molecule has 5 rings (SSSR count). The number of nitrogens with one attached hydrogen (secondary N) is 1. The van der Waals surface area contributed by atoms with Gasteiger partial charge in [0.15, 0.2) is 0 Å². The first-order valence-electron chi connectivity index (χ1n) is 15.9. The van der Waals surface area contributed by atoms with Crippen LogP contribution < -0.4 is 5.32 Å². The fourth-order valence-electron chi connectivity index (χ4n) is 5.28. The van der Waals surface area contributed by atoms with Crippen molar-refractivity contribution < 1.29 is 35.8 Å². The number of rotatable bonds is 8. The van der Waals surface area contributed by atoms with E-state index in [0.29, 0.717) is 22.6 Å². The standard InChI is InChI=1S/C33H33FN2O5/c1-20(2)31-30(33(40)35-24-12-14-25(37)15-13-24)29(21-6-4-3-5-7-21)32(22-8-10-23(34)11-9-22)36(31)17-16-27-18-26(38)19-28(39)41-27/h3-15,20,26-27,37-38H,16-19H2,1-2H3,(H,35,40)/t26-,27-/m1/s1/i3D,4D,5D,6D,7D. The minimum absolute atomic E-state index is 0.0148. The number of aliphatic hydroxyl groups is 1. The quantitative estimate of drug-likeness (QED) is 0.168. The number of phenols is 1. The van der Waals surface area contributed by atoms with Crippen molar-refractivity contribution in [3.05, 3.63) is 95.8 Å². The Balaban J connectivity index is 1.83. The van der Waals surface area contributed by atoms with Crippen LogP contribution in [0, 0.1) is 5.82 Å². The molecule has 3 N–H and O–H groups in total. The number of benzene rings is 3. The average molecular weight is 562 g/mol. The molecule has 212 valence electrons. The van der Waals surface area contributed by atoms with Crippen LogP contribution in [0.25, 0.3) is 22.4 Å². The number of nitrogens with zero attached hydrogens (tertiary/aromatic N) is 1. The Labute approximate surface area is 245 Å². The first-order valence-corrected chi connectivity index (χ1v) is 13.4. The Kier molecular flexibility index (Phi) is 6.51. The van der Waals surface area contributed by atoms with E-state index in [1.165, 1.54) is 48.5 Å². The summed E-state index contributed by atoms with van der Waals surface area (Å²) in [5, 5.41) is 22.8. The molecule has 1 fully saturated rings. The van der Waals surface area contributed by atoms with E-state index in [4.69, 9.17) is 11.6 Å². The number of carbonyl (C=O) groups excluding carboxylic acids is 2. The predicted octanol–water partition coefficient (Wildman–Crippen LogP) is 6.50. The molecule has 1 aromatic heterocycles. The van der Waals surface area contributed by atoms with Gasteiger partial charge in [-0.05, 0) is 65.6 Å². The summed E-state index contributed by atoms with van der Waals surface area (Å²) >= 11 is 0. The van der Waals surface area contributed by atoms with E-state index in [-0.39, 0.29) is 54.2 Å². The number of amides is 1. The molecule has 2 heterocycles. The lowest BCUT2D eigenvalue weighted by molar-refractivity contribution is -0.160. The molecular formula is C33H33FN2O5. The molecule has 1 saturated heterocycles. The van der Waals surface area contributed by atoms with Crippen molar-refractivity contribution in [2.75, 3.05) is 5.32 Å². The molecule has 1 aliphatic heterocycles. The van der Waals surface area contributed by atoms with Crippen LogP contribution in [0.2, 0.25) is 0 Å². The molecule has 0 unspecified atom stereocenters. The molecule has 0 saturated carbocycles. The van der Waals surface area contributed by atoms with Crippen LogP contribution in [0.4, 0.5) is 10.1 Å². The van der Waals surface area contributed by atoms with E-state index < -0.39 is 60.1 Å². The van der Waals surface area contributed by atoms with Gasteiger partial charge in [0.2, 0.25) is 0 Å². The zero-order valence-corrected chi connectivity index (χ0v) is 22.6. The van der Waals surface area contributed by atoms with Crippen LogP contribution in [0.15, 0.2) is 78.7 Å². The second-order valence-corrected chi connectivity index (χ2v) is 10.3. The molecule has 0 bridgehead atoms. The van der Waals surface area contributed by atoms with Gasteiger partial charge in [0, 0.05) is 36.3 Å². The number of aromatic nitrogens is 1. The number of ether oxygens (including phenoxy) is 1. The molecule has 0 spiro atoms. The molecule has 1 aliphatic rings. The first-order chi connectivity index (χ1) is 21.8. The second-order valence-electron chi connectivity index (χ2n) is 10.3. The van der Waals surface area contributed by atoms with Crippen LogP contribution in [-0.4, -0.2) is 38.9 Å². The van der Waals surface area contributed by atoms with Gasteiger partial charge in [-0.15, -0.1) is 0 Å². The summed E-state index contributed by atoms with van der Waals surface area (Å²) in [6, 6.07) is 8.36.